The first-order chi connectivity index (χ1) is 4.38. The van der Waals surface area contributed by atoms with E-state index in [1.54, 1.807) is 0 Å². The summed E-state index contributed by atoms with van der Waals surface area (Å²) >= 11 is -0.971. The first-order valence-corrected chi connectivity index (χ1v) is 13.4. The van der Waals surface area contributed by atoms with Crippen molar-refractivity contribution in [3.8, 4) is 0 Å². The van der Waals surface area contributed by atoms with Gasteiger partial charge in [0.05, 0.1) is 0 Å². The Morgan fingerprint density at radius 3 is 2.78 bits per heavy atom. The van der Waals surface area contributed by atoms with Crippen molar-refractivity contribution in [1.82, 2.24) is 0 Å². The van der Waals surface area contributed by atoms with Gasteiger partial charge in [-0.2, -0.15) is 0 Å². The van der Waals surface area contributed by atoms with Crippen LogP contribution in [0.15, 0.2) is 0 Å². The fourth-order valence-electron chi connectivity index (χ4n) is 1.49. The fourth-order valence-corrected chi connectivity index (χ4v) is 8.75. The van der Waals surface area contributed by atoms with Crippen molar-refractivity contribution in [2.45, 2.75) is 28.8 Å². The zero-order chi connectivity index (χ0) is 6.69. The van der Waals surface area contributed by atoms with Crippen molar-refractivity contribution in [1.29, 1.82) is 0 Å². The van der Waals surface area contributed by atoms with Gasteiger partial charge in [0.15, 0.2) is 0 Å². The standard InChI is InChI=1S/C6H11O.ClH.Hg/c1-7-6-4-2-3-5-6;;/h4,6H,2-3,5H2,1H3;1H;/q;;+1/p-1/t6-;;/m0../s1. The molecule has 1 rings (SSSR count). The molecule has 0 radical (unpaired) electrons. The summed E-state index contributed by atoms with van der Waals surface area (Å²) in [6.45, 7) is 0. The molecule has 0 amide bonds. The van der Waals surface area contributed by atoms with Gasteiger partial charge < -0.3 is 0 Å². The SMILES string of the molecule is CO[C@@H]1CCC[C@H]1[Hg][Cl]. The second-order valence-corrected chi connectivity index (χ2v) is 10.6. The molecular formula is C6H11ClHgO. The van der Waals surface area contributed by atoms with Crippen LogP contribution in [0, 0.1) is 0 Å². The molecule has 0 N–H and O–H groups in total. The van der Waals surface area contributed by atoms with Gasteiger partial charge in [0, 0.05) is 0 Å². The van der Waals surface area contributed by atoms with Crippen molar-refractivity contribution in [3.05, 3.63) is 0 Å². The summed E-state index contributed by atoms with van der Waals surface area (Å²) in [6.07, 6.45) is 4.50. The predicted molar refractivity (Wildman–Crippen MR) is 34.3 cm³/mol. The Balaban J connectivity index is 2.32. The molecule has 0 bridgehead atoms. The Bertz CT molecular complexity index is 79.1. The van der Waals surface area contributed by atoms with Crippen LogP contribution in [0.1, 0.15) is 19.3 Å². The monoisotopic (exact) mass is 336 g/mol. The molecule has 1 aliphatic carbocycles. The number of hydrogen-bond donors (Lipinski definition) is 0. The number of rotatable bonds is 2. The van der Waals surface area contributed by atoms with Crippen LogP contribution in [0.5, 0.6) is 0 Å². The average Bonchev–Trinajstić information content (AvgIpc) is 2.33. The minimum atomic E-state index is -0.971. The quantitative estimate of drug-likeness (QED) is 0.703. The zero-order valence-corrected chi connectivity index (χ0v) is 12.0. The molecule has 0 aliphatic heterocycles. The van der Waals surface area contributed by atoms with Gasteiger partial charge in [-0.15, -0.1) is 0 Å². The molecule has 0 spiro atoms. The fraction of sp³-hybridized carbons (Fsp3) is 1.00. The van der Waals surface area contributed by atoms with Crippen molar-refractivity contribution >= 4 is 8.25 Å². The molecule has 3 heteroatoms. The predicted octanol–water partition coefficient (Wildman–Crippen LogP) is 2.21. The van der Waals surface area contributed by atoms with E-state index in [2.05, 4.69) is 0 Å². The van der Waals surface area contributed by atoms with Crippen LogP contribution in [-0.2, 0) is 28.1 Å². The van der Waals surface area contributed by atoms with Crippen molar-refractivity contribution in [3.63, 3.8) is 0 Å². The minimum absolute atomic E-state index is 0.546. The molecule has 0 saturated heterocycles. The normalized spacial score (nSPS) is 34.4. The number of ether oxygens (including phenoxy) is 1. The van der Waals surface area contributed by atoms with Gasteiger partial charge in [0.1, 0.15) is 0 Å². The van der Waals surface area contributed by atoms with E-state index in [-0.39, 0.29) is 0 Å². The molecule has 9 heavy (non-hydrogen) atoms. The first kappa shape index (κ1) is 8.28. The average molecular weight is 335 g/mol. The van der Waals surface area contributed by atoms with Gasteiger partial charge in [-0.3, -0.25) is 0 Å². The molecule has 0 aromatic carbocycles. The molecular weight excluding hydrogens is 324 g/mol. The topological polar surface area (TPSA) is 9.23 Å². The Morgan fingerprint density at radius 1 is 1.56 bits per heavy atom. The van der Waals surface area contributed by atoms with E-state index in [0.717, 1.165) is 3.43 Å². The van der Waals surface area contributed by atoms with Crippen LogP contribution in [-0.4, -0.2) is 13.2 Å². The summed E-state index contributed by atoms with van der Waals surface area (Å²) in [5, 5.41) is 0. The molecule has 0 aromatic rings. The summed E-state index contributed by atoms with van der Waals surface area (Å²) < 4.78 is 6.13. The van der Waals surface area contributed by atoms with E-state index >= 15 is 0 Å². The number of methoxy groups -OCH3 is 1. The van der Waals surface area contributed by atoms with Gasteiger partial charge in [-0.1, -0.05) is 0 Å². The summed E-state index contributed by atoms with van der Waals surface area (Å²) in [5.41, 5.74) is 0. The van der Waals surface area contributed by atoms with E-state index in [0.29, 0.717) is 6.10 Å². The second-order valence-electron chi connectivity index (χ2n) is 2.62. The first-order valence-electron chi connectivity index (χ1n) is 3.47. The van der Waals surface area contributed by atoms with E-state index < -0.39 is 23.3 Å². The van der Waals surface area contributed by atoms with Gasteiger partial charge in [0.25, 0.3) is 0 Å². The Morgan fingerprint density at radius 2 is 2.33 bits per heavy atom. The molecule has 0 heterocycles. The van der Waals surface area contributed by atoms with Gasteiger partial charge in [-0.25, -0.2) is 0 Å². The third-order valence-electron chi connectivity index (χ3n) is 2.09. The summed E-state index contributed by atoms with van der Waals surface area (Å²) in [7, 11) is 7.73. The Labute approximate surface area is 72.0 Å². The van der Waals surface area contributed by atoms with Crippen LogP contribution in [0.4, 0.5) is 0 Å². The van der Waals surface area contributed by atoms with Crippen molar-refractivity contribution in [2.75, 3.05) is 7.11 Å². The number of hydrogen-bond acceptors (Lipinski definition) is 1. The summed E-state index contributed by atoms with van der Waals surface area (Å²) in [4.78, 5) is 0. The van der Waals surface area contributed by atoms with E-state index in [4.69, 9.17) is 13.0 Å². The summed E-state index contributed by atoms with van der Waals surface area (Å²) in [6, 6.07) is 0. The molecule has 1 saturated carbocycles. The third kappa shape index (κ3) is 2.06. The van der Waals surface area contributed by atoms with Crippen LogP contribution in [0.3, 0.4) is 0 Å². The van der Waals surface area contributed by atoms with E-state index in [9.17, 15) is 0 Å². The zero-order valence-electron chi connectivity index (χ0n) is 5.77. The molecule has 1 aliphatic rings. The van der Waals surface area contributed by atoms with Crippen LogP contribution in [0.2, 0.25) is 3.43 Å². The second kappa shape index (κ2) is 4.14. The number of halogens is 1. The van der Waals surface area contributed by atoms with Gasteiger partial charge in [0.2, 0.25) is 0 Å². The Kier molecular flexibility index (Phi) is 3.81. The van der Waals surface area contributed by atoms with Crippen molar-refractivity contribution in [2.24, 2.45) is 0 Å². The summed E-state index contributed by atoms with van der Waals surface area (Å²) in [5.74, 6) is 0. The Hall–Kier alpha value is 1.19. The molecule has 0 unspecified atom stereocenters. The molecule has 2 atom stereocenters. The van der Waals surface area contributed by atoms with E-state index in [1.165, 1.54) is 19.3 Å². The maximum atomic E-state index is 5.92. The molecule has 1 fully saturated rings. The molecule has 50 valence electrons. The molecule has 1 nitrogen and oxygen atoms in total. The van der Waals surface area contributed by atoms with Crippen LogP contribution < -0.4 is 0 Å². The molecule has 0 aromatic heterocycles. The third-order valence-corrected chi connectivity index (χ3v) is 10.7. The van der Waals surface area contributed by atoms with Gasteiger partial charge >= 0.3 is 72.2 Å². The van der Waals surface area contributed by atoms with E-state index in [1.807, 2.05) is 7.11 Å². The van der Waals surface area contributed by atoms with Crippen molar-refractivity contribution < 1.29 is 28.1 Å². The van der Waals surface area contributed by atoms with Crippen LogP contribution >= 0.6 is 8.25 Å². The van der Waals surface area contributed by atoms with Gasteiger partial charge in [-0.05, 0) is 0 Å². The van der Waals surface area contributed by atoms with Crippen LogP contribution in [0.25, 0.3) is 0 Å². The maximum absolute atomic E-state index is 5.92.